The highest BCUT2D eigenvalue weighted by molar-refractivity contribution is 6.29. The minimum atomic E-state index is -0.121. The van der Waals surface area contributed by atoms with Gasteiger partial charge in [-0.25, -0.2) is 9.97 Å². The molecule has 1 fully saturated rings. The Labute approximate surface area is 119 Å². The van der Waals surface area contributed by atoms with Crippen LogP contribution in [0.3, 0.4) is 0 Å². The molecule has 4 nitrogen and oxygen atoms in total. The molecule has 1 aliphatic carbocycles. The zero-order chi connectivity index (χ0) is 14.1. The summed E-state index contributed by atoms with van der Waals surface area (Å²) in [6.07, 6.45) is 3.20. The van der Waals surface area contributed by atoms with Gasteiger partial charge in [0.15, 0.2) is 0 Å². The standard InChI is InChI=1S/C14H22ClN3O/c1-13(2,3)12-17-10(15)8-11(18-12)16-9-14(4-5-14)6-7-19/h8,19H,4-7,9H2,1-3H3,(H,16,17,18). The van der Waals surface area contributed by atoms with Crippen LogP contribution < -0.4 is 5.32 Å². The number of nitrogens with zero attached hydrogens (tertiary/aromatic N) is 2. The van der Waals surface area contributed by atoms with E-state index in [-0.39, 0.29) is 17.4 Å². The molecule has 19 heavy (non-hydrogen) atoms. The van der Waals surface area contributed by atoms with E-state index in [1.54, 1.807) is 6.07 Å². The molecule has 1 aliphatic rings. The molecule has 0 amide bonds. The first kappa shape index (κ1) is 14.5. The second-order valence-corrected chi connectivity index (χ2v) is 6.86. The SMILES string of the molecule is CC(C)(C)c1nc(Cl)cc(NCC2(CCO)CC2)n1. The molecule has 2 rings (SSSR count). The number of nitrogens with one attached hydrogen (secondary N) is 1. The number of rotatable bonds is 5. The maximum absolute atomic E-state index is 9.06. The molecule has 0 atom stereocenters. The van der Waals surface area contributed by atoms with Crippen molar-refractivity contribution in [2.45, 2.75) is 45.4 Å². The summed E-state index contributed by atoms with van der Waals surface area (Å²) in [5.41, 5.74) is 0.137. The largest absolute Gasteiger partial charge is 0.396 e. The Kier molecular flexibility index (Phi) is 4.02. The third-order valence-corrected chi connectivity index (χ3v) is 3.80. The van der Waals surface area contributed by atoms with Crippen molar-refractivity contribution in [3.05, 3.63) is 17.0 Å². The maximum Gasteiger partial charge on any atom is 0.137 e. The quantitative estimate of drug-likeness (QED) is 0.816. The molecule has 0 unspecified atom stereocenters. The molecule has 0 radical (unpaired) electrons. The van der Waals surface area contributed by atoms with E-state index < -0.39 is 0 Å². The molecule has 1 heterocycles. The monoisotopic (exact) mass is 283 g/mol. The number of aliphatic hydroxyl groups is 1. The van der Waals surface area contributed by atoms with Crippen molar-refractivity contribution in [3.63, 3.8) is 0 Å². The first-order valence-electron chi connectivity index (χ1n) is 6.74. The average molecular weight is 284 g/mol. The van der Waals surface area contributed by atoms with Gasteiger partial charge < -0.3 is 10.4 Å². The molecule has 0 saturated heterocycles. The summed E-state index contributed by atoms with van der Waals surface area (Å²) < 4.78 is 0. The third-order valence-electron chi connectivity index (χ3n) is 3.61. The number of aliphatic hydroxyl groups excluding tert-OH is 1. The Bertz CT molecular complexity index is 452. The molecule has 2 N–H and O–H groups in total. The molecule has 1 saturated carbocycles. The summed E-state index contributed by atoms with van der Waals surface area (Å²) >= 11 is 6.05. The fourth-order valence-corrected chi connectivity index (χ4v) is 2.23. The van der Waals surface area contributed by atoms with E-state index in [1.165, 1.54) is 12.8 Å². The lowest BCUT2D eigenvalue weighted by atomic mass is 9.96. The zero-order valence-corrected chi connectivity index (χ0v) is 12.6. The van der Waals surface area contributed by atoms with Gasteiger partial charge in [0, 0.05) is 24.6 Å². The van der Waals surface area contributed by atoms with Gasteiger partial charge in [0.05, 0.1) is 0 Å². The number of aromatic nitrogens is 2. The summed E-state index contributed by atoms with van der Waals surface area (Å²) in [4.78, 5) is 8.80. The van der Waals surface area contributed by atoms with Crippen molar-refractivity contribution < 1.29 is 5.11 Å². The van der Waals surface area contributed by atoms with Crippen molar-refractivity contribution in [3.8, 4) is 0 Å². The highest BCUT2D eigenvalue weighted by Gasteiger charge is 2.41. The first-order chi connectivity index (χ1) is 8.85. The maximum atomic E-state index is 9.06. The second kappa shape index (κ2) is 5.25. The van der Waals surface area contributed by atoms with Crippen molar-refractivity contribution >= 4 is 17.4 Å². The second-order valence-electron chi connectivity index (χ2n) is 6.48. The highest BCUT2D eigenvalue weighted by atomic mass is 35.5. The van der Waals surface area contributed by atoms with Gasteiger partial charge in [-0.15, -0.1) is 0 Å². The van der Waals surface area contributed by atoms with Crippen LogP contribution in [0.4, 0.5) is 5.82 Å². The fraction of sp³-hybridized carbons (Fsp3) is 0.714. The molecule has 106 valence electrons. The fourth-order valence-electron chi connectivity index (χ4n) is 2.05. The molecule has 5 heteroatoms. The van der Waals surface area contributed by atoms with Gasteiger partial charge in [-0.2, -0.15) is 0 Å². The Balaban J connectivity index is 2.06. The van der Waals surface area contributed by atoms with E-state index in [2.05, 4.69) is 36.1 Å². The van der Waals surface area contributed by atoms with Gasteiger partial charge in [-0.1, -0.05) is 32.4 Å². The van der Waals surface area contributed by atoms with Crippen LogP contribution in [0.15, 0.2) is 6.07 Å². The van der Waals surface area contributed by atoms with Gasteiger partial charge in [-0.05, 0) is 24.7 Å². The van der Waals surface area contributed by atoms with Gasteiger partial charge in [0.2, 0.25) is 0 Å². The van der Waals surface area contributed by atoms with Crippen LogP contribution in [0.5, 0.6) is 0 Å². The summed E-state index contributed by atoms with van der Waals surface area (Å²) in [6.45, 7) is 7.29. The predicted octanol–water partition coefficient (Wildman–Crippen LogP) is 3.00. The number of anilines is 1. The van der Waals surface area contributed by atoms with E-state index >= 15 is 0 Å². The Morgan fingerprint density at radius 1 is 1.37 bits per heavy atom. The third kappa shape index (κ3) is 3.80. The minimum Gasteiger partial charge on any atom is -0.396 e. The van der Waals surface area contributed by atoms with Gasteiger partial charge in [0.1, 0.15) is 16.8 Å². The summed E-state index contributed by atoms with van der Waals surface area (Å²) in [7, 11) is 0. The van der Waals surface area contributed by atoms with E-state index in [9.17, 15) is 0 Å². The summed E-state index contributed by atoms with van der Waals surface area (Å²) in [6, 6.07) is 1.76. The Morgan fingerprint density at radius 2 is 2.05 bits per heavy atom. The van der Waals surface area contributed by atoms with Crippen LogP contribution in [0.1, 0.15) is 45.9 Å². The smallest absolute Gasteiger partial charge is 0.137 e. The van der Waals surface area contributed by atoms with Crippen LogP contribution in [0.25, 0.3) is 0 Å². The minimum absolute atomic E-state index is 0.121. The predicted molar refractivity (Wildman–Crippen MR) is 77.6 cm³/mol. The van der Waals surface area contributed by atoms with E-state index in [4.69, 9.17) is 16.7 Å². The normalized spacial score (nSPS) is 17.3. The number of hydrogen-bond acceptors (Lipinski definition) is 4. The lowest BCUT2D eigenvalue weighted by Gasteiger charge is -2.19. The molecule has 1 aromatic rings. The van der Waals surface area contributed by atoms with Crippen molar-refractivity contribution in [1.82, 2.24) is 9.97 Å². The molecule has 0 aliphatic heterocycles. The van der Waals surface area contributed by atoms with Crippen LogP contribution in [-0.2, 0) is 5.41 Å². The lowest BCUT2D eigenvalue weighted by Crippen LogP contribution is -2.20. The molecular weight excluding hydrogens is 262 g/mol. The number of halogens is 1. The topological polar surface area (TPSA) is 58.0 Å². The van der Waals surface area contributed by atoms with Gasteiger partial charge in [0.25, 0.3) is 0 Å². The van der Waals surface area contributed by atoms with Crippen molar-refractivity contribution in [2.75, 3.05) is 18.5 Å². The molecular formula is C14H22ClN3O. The Morgan fingerprint density at radius 3 is 2.58 bits per heavy atom. The molecule has 1 aromatic heterocycles. The van der Waals surface area contributed by atoms with Crippen molar-refractivity contribution in [2.24, 2.45) is 5.41 Å². The Hall–Kier alpha value is -0.870. The van der Waals surface area contributed by atoms with Crippen LogP contribution in [0.2, 0.25) is 5.15 Å². The average Bonchev–Trinajstić information content (AvgIpc) is 3.06. The molecule has 0 spiro atoms. The van der Waals surface area contributed by atoms with Crippen LogP contribution >= 0.6 is 11.6 Å². The van der Waals surface area contributed by atoms with Gasteiger partial charge in [-0.3, -0.25) is 0 Å². The first-order valence-corrected chi connectivity index (χ1v) is 7.12. The zero-order valence-electron chi connectivity index (χ0n) is 11.8. The summed E-state index contributed by atoms with van der Waals surface area (Å²) in [5.74, 6) is 1.52. The van der Waals surface area contributed by atoms with Crippen LogP contribution in [-0.4, -0.2) is 28.2 Å². The molecule has 0 aromatic carbocycles. The van der Waals surface area contributed by atoms with E-state index in [0.717, 1.165) is 24.6 Å². The van der Waals surface area contributed by atoms with Crippen molar-refractivity contribution in [1.29, 1.82) is 0 Å². The summed E-state index contributed by atoms with van der Waals surface area (Å²) in [5, 5.41) is 12.9. The van der Waals surface area contributed by atoms with Gasteiger partial charge >= 0.3 is 0 Å². The van der Waals surface area contributed by atoms with Crippen LogP contribution in [0, 0.1) is 5.41 Å². The lowest BCUT2D eigenvalue weighted by molar-refractivity contribution is 0.253. The van der Waals surface area contributed by atoms with E-state index in [1.807, 2.05) is 0 Å². The number of hydrogen-bond donors (Lipinski definition) is 2. The highest BCUT2D eigenvalue weighted by Crippen LogP contribution is 2.48. The van der Waals surface area contributed by atoms with E-state index in [0.29, 0.717) is 5.15 Å². The molecule has 0 bridgehead atoms.